The quantitative estimate of drug-likeness (QED) is 0.426. The van der Waals surface area contributed by atoms with Crippen molar-refractivity contribution in [1.82, 2.24) is 0 Å². The highest BCUT2D eigenvalue weighted by atomic mass is 14.3. The van der Waals surface area contributed by atoms with Gasteiger partial charge < -0.3 is 0 Å². The van der Waals surface area contributed by atoms with E-state index in [-0.39, 0.29) is 0 Å². The molecule has 3 aromatic carbocycles. The molecule has 2 aliphatic carbocycles. The molecule has 0 nitrogen and oxygen atoms in total. The molecule has 0 aliphatic heterocycles. The van der Waals surface area contributed by atoms with E-state index in [1.807, 2.05) is 0 Å². The predicted molar refractivity (Wildman–Crippen MR) is 90.9 cm³/mol. The summed E-state index contributed by atoms with van der Waals surface area (Å²) >= 11 is 0. The lowest BCUT2D eigenvalue weighted by Gasteiger charge is -2.29. The van der Waals surface area contributed by atoms with Crippen LogP contribution in [0.3, 0.4) is 0 Å². The Morgan fingerprint density at radius 1 is 0.773 bits per heavy atom. The van der Waals surface area contributed by atoms with Gasteiger partial charge in [-0.15, -0.1) is 0 Å². The van der Waals surface area contributed by atoms with E-state index in [1.54, 1.807) is 0 Å². The topological polar surface area (TPSA) is 0 Å². The molecular weight excluding hydrogens is 264 g/mol. The third-order valence-electron chi connectivity index (χ3n) is 5.20. The van der Waals surface area contributed by atoms with Crippen LogP contribution in [-0.2, 0) is 6.42 Å². The lowest BCUT2D eigenvalue weighted by Crippen LogP contribution is -2.12. The Labute approximate surface area is 131 Å². The Hall–Kier alpha value is -2.34. The molecule has 0 saturated heterocycles. The highest BCUT2D eigenvalue weighted by Gasteiger charge is 2.26. The van der Waals surface area contributed by atoms with Gasteiger partial charge in [-0.2, -0.15) is 0 Å². The molecule has 105 valence electrons. The summed E-state index contributed by atoms with van der Waals surface area (Å²) in [5.74, 6) is 0.517. The molecule has 5 rings (SSSR count). The Bertz CT molecular complexity index is 873. The fourth-order valence-corrected chi connectivity index (χ4v) is 4.10. The molecule has 1 radical (unpaired) electrons. The van der Waals surface area contributed by atoms with Crippen LogP contribution in [0, 0.1) is 6.07 Å². The molecule has 0 heteroatoms. The van der Waals surface area contributed by atoms with Crippen molar-refractivity contribution in [2.75, 3.05) is 0 Å². The van der Waals surface area contributed by atoms with Gasteiger partial charge in [0.05, 0.1) is 0 Å². The Morgan fingerprint density at radius 3 is 2.55 bits per heavy atom. The van der Waals surface area contributed by atoms with Crippen molar-refractivity contribution in [3.63, 3.8) is 0 Å². The van der Waals surface area contributed by atoms with E-state index >= 15 is 0 Å². The summed E-state index contributed by atoms with van der Waals surface area (Å²) in [6, 6.07) is 25.9. The molecule has 0 heterocycles. The minimum Gasteiger partial charge on any atom is -0.0620 e. The molecule has 1 unspecified atom stereocenters. The highest BCUT2D eigenvalue weighted by molar-refractivity contribution is 6.02. The highest BCUT2D eigenvalue weighted by Crippen LogP contribution is 2.48. The van der Waals surface area contributed by atoms with Gasteiger partial charge in [0, 0.05) is 5.92 Å². The molecule has 0 spiro atoms. The smallest absolute Gasteiger partial charge is 0.00985 e. The molecule has 2 aliphatic rings. The number of hydrogen-bond donors (Lipinski definition) is 0. The van der Waals surface area contributed by atoms with Crippen molar-refractivity contribution in [2.45, 2.75) is 25.2 Å². The lowest BCUT2D eigenvalue weighted by molar-refractivity contribution is 0.615. The van der Waals surface area contributed by atoms with Crippen molar-refractivity contribution in [2.24, 2.45) is 0 Å². The van der Waals surface area contributed by atoms with E-state index in [0.717, 1.165) is 0 Å². The summed E-state index contributed by atoms with van der Waals surface area (Å²) in [6.45, 7) is 0. The van der Waals surface area contributed by atoms with Crippen molar-refractivity contribution in [1.29, 1.82) is 0 Å². The first kappa shape index (κ1) is 12.2. The van der Waals surface area contributed by atoms with Gasteiger partial charge >= 0.3 is 0 Å². The van der Waals surface area contributed by atoms with Crippen molar-refractivity contribution >= 4 is 0 Å². The second kappa shape index (κ2) is 4.58. The van der Waals surface area contributed by atoms with Crippen LogP contribution in [0.15, 0.2) is 60.7 Å². The summed E-state index contributed by atoms with van der Waals surface area (Å²) < 4.78 is 0. The second-order valence-corrected chi connectivity index (χ2v) is 6.39. The molecule has 22 heavy (non-hydrogen) atoms. The number of rotatable bonds is 1. The van der Waals surface area contributed by atoms with Crippen LogP contribution in [0.1, 0.15) is 35.4 Å². The molecular formula is C22H17. The van der Waals surface area contributed by atoms with Crippen LogP contribution in [-0.4, -0.2) is 0 Å². The second-order valence-electron chi connectivity index (χ2n) is 6.39. The number of hydrogen-bond acceptors (Lipinski definition) is 0. The first-order valence-electron chi connectivity index (χ1n) is 8.15. The van der Waals surface area contributed by atoms with Gasteiger partial charge in [-0.3, -0.25) is 0 Å². The van der Waals surface area contributed by atoms with Crippen LogP contribution in [0.25, 0.3) is 22.3 Å². The van der Waals surface area contributed by atoms with E-state index in [4.69, 9.17) is 0 Å². The average Bonchev–Trinajstić information content (AvgIpc) is 2.59. The predicted octanol–water partition coefficient (Wildman–Crippen LogP) is 5.60. The van der Waals surface area contributed by atoms with Gasteiger partial charge in [-0.25, -0.2) is 0 Å². The zero-order chi connectivity index (χ0) is 14.5. The van der Waals surface area contributed by atoms with E-state index < -0.39 is 0 Å². The zero-order valence-corrected chi connectivity index (χ0v) is 12.5. The standard InChI is InChI=1S/C22H17/c1-2-8-17-15(6-1)7-5-11-18(17)16-12-13-21-19-9-3-4-10-20(19)22(21)14-16/h1-4,6,8-10,12-13,18H,5,7,11H2. The van der Waals surface area contributed by atoms with Crippen LogP contribution in [0.5, 0.6) is 0 Å². The van der Waals surface area contributed by atoms with Gasteiger partial charge in [-0.05, 0) is 64.3 Å². The molecule has 0 amide bonds. The molecule has 0 fully saturated rings. The molecule has 1 atom stereocenters. The minimum atomic E-state index is 0.517. The third-order valence-corrected chi connectivity index (χ3v) is 5.20. The van der Waals surface area contributed by atoms with Crippen LogP contribution in [0.2, 0.25) is 0 Å². The zero-order valence-electron chi connectivity index (χ0n) is 12.5. The number of fused-ring (bicyclic) bond motifs is 5. The fraction of sp³-hybridized carbons (Fsp3) is 0.182. The third kappa shape index (κ3) is 1.64. The summed E-state index contributed by atoms with van der Waals surface area (Å²) in [5.41, 5.74) is 9.82. The summed E-state index contributed by atoms with van der Waals surface area (Å²) in [7, 11) is 0. The molecule has 0 N–H and O–H groups in total. The molecule has 0 bridgehead atoms. The maximum Gasteiger partial charge on any atom is 0.00985 e. The maximum absolute atomic E-state index is 3.73. The van der Waals surface area contributed by atoms with Crippen molar-refractivity contribution in [3.05, 3.63) is 83.4 Å². The first-order valence-corrected chi connectivity index (χ1v) is 8.15. The average molecular weight is 281 g/mol. The normalized spacial score (nSPS) is 17.9. The number of aryl methyl sites for hydroxylation is 1. The van der Waals surface area contributed by atoms with Gasteiger partial charge in [0.15, 0.2) is 0 Å². The van der Waals surface area contributed by atoms with Gasteiger partial charge in [0.1, 0.15) is 0 Å². The molecule has 0 aromatic heterocycles. The Balaban J connectivity index is 1.60. The largest absolute Gasteiger partial charge is 0.0620 e. The minimum absolute atomic E-state index is 0.517. The SMILES string of the molecule is [c]1c(C2CCCc3ccccc32)ccc2c1-c1ccccc1-2. The fourth-order valence-electron chi connectivity index (χ4n) is 4.10. The lowest BCUT2D eigenvalue weighted by atomic mass is 9.75. The first-order chi connectivity index (χ1) is 10.9. The van der Waals surface area contributed by atoms with Crippen molar-refractivity contribution in [3.8, 4) is 22.3 Å². The van der Waals surface area contributed by atoms with Gasteiger partial charge in [0.2, 0.25) is 0 Å². The molecule has 0 saturated carbocycles. The molecule has 3 aromatic rings. The van der Waals surface area contributed by atoms with Gasteiger partial charge in [-0.1, -0.05) is 60.7 Å². The van der Waals surface area contributed by atoms with E-state index in [0.29, 0.717) is 5.92 Å². The van der Waals surface area contributed by atoms with Crippen LogP contribution >= 0.6 is 0 Å². The van der Waals surface area contributed by atoms with Crippen LogP contribution < -0.4 is 0 Å². The monoisotopic (exact) mass is 281 g/mol. The Kier molecular flexibility index (Phi) is 2.54. The van der Waals surface area contributed by atoms with E-state index in [2.05, 4.69) is 66.7 Å². The maximum atomic E-state index is 3.73. The van der Waals surface area contributed by atoms with Crippen molar-refractivity contribution < 1.29 is 0 Å². The number of benzene rings is 3. The Morgan fingerprint density at radius 2 is 1.59 bits per heavy atom. The summed E-state index contributed by atoms with van der Waals surface area (Å²) in [4.78, 5) is 0. The summed E-state index contributed by atoms with van der Waals surface area (Å²) in [5, 5.41) is 0. The van der Waals surface area contributed by atoms with Crippen LogP contribution in [0.4, 0.5) is 0 Å². The van der Waals surface area contributed by atoms with E-state index in [1.165, 1.54) is 58.2 Å². The summed E-state index contributed by atoms with van der Waals surface area (Å²) in [6.07, 6.45) is 3.75. The van der Waals surface area contributed by atoms with E-state index in [9.17, 15) is 0 Å². The van der Waals surface area contributed by atoms with Gasteiger partial charge in [0.25, 0.3) is 0 Å².